The molecular weight excluding hydrogens is 661 g/mol. The number of carboxylic acid groups (broad SMARTS) is 1. The SMILES string of the molecule is C#C.C#C.C=CC.CC1(C)C(c2ccc(C(=O)O)cc2)=CC[C@@]2(C)C1CC[C@]1(C)C2CC[C@@H]2C3CCC[C@]3(CNCC3(CN4CCCC4)CC3)CC[C@]21C. The molecular formula is C50H74N2O2. The quantitative estimate of drug-likeness (QED) is 0.206. The monoisotopic (exact) mass is 735 g/mol. The summed E-state index contributed by atoms with van der Waals surface area (Å²) in [6.45, 7) is 25.1. The maximum Gasteiger partial charge on any atom is 0.335 e. The lowest BCUT2D eigenvalue weighted by atomic mass is 9.32. The predicted octanol–water partition coefficient (Wildman–Crippen LogP) is 11.4. The van der Waals surface area contributed by atoms with Gasteiger partial charge in [0, 0.05) is 19.6 Å². The maximum absolute atomic E-state index is 11.5. The van der Waals surface area contributed by atoms with Crippen LogP contribution in [0.2, 0.25) is 0 Å². The highest BCUT2D eigenvalue weighted by Gasteiger charge is 2.69. The minimum Gasteiger partial charge on any atom is -0.478 e. The van der Waals surface area contributed by atoms with E-state index in [2.05, 4.69) is 95.3 Å². The summed E-state index contributed by atoms with van der Waals surface area (Å²) in [5, 5.41) is 13.7. The van der Waals surface area contributed by atoms with Gasteiger partial charge in [-0.25, -0.2) is 4.79 Å². The molecule has 4 heteroatoms. The molecule has 1 aliphatic heterocycles. The van der Waals surface area contributed by atoms with Gasteiger partial charge in [-0.2, -0.15) is 0 Å². The van der Waals surface area contributed by atoms with Crippen LogP contribution in [-0.2, 0) is 0 Å². The Morgan fingerprint density at radius 1 is 0.815 bits per heavy atom. The van der Waals surface area contributed by atoms with Crippen molar-refractivity contribution in [2.24, 2.45) is 56.2 Å². The minimum absolute atomic E-state index is 0.0728. The van der Waals surface area contributed by atoms with Crippen molar-refractivity contribution in [3.8, 4) is 25.7 Å². The van der Waals surface area contributed by atoms with Crippen LogP contribution < -0.4 is 5.32 Å². The van der Waals surface area contributed by atoms with Crippen LogP contribution in [0.5, 0.6) is 0 Å². The van der Waals surface area contributed by atoms with Crippen molar-refractivity contribution in [1.82, 2.24) is 10.2 Å². The molecule has 1 saturated heterocycles. The summed E-state index contributed by atoms with van der Waals surface area (Å²) in [5.41, 5.74) is 5.39. The second kappa shape index (κ2) is 16.4. The highest BCUT2D eigenvalue weighted by molar-refractivity contribution is 5.88. The molecule has 0 spiro atoms. The zero-order valence-corrected chi connectivity index (χ0v) is 35.0. The molecule has 1 aromatic rings. The van der Waals surface area contributed by atoms with E-state index in [0.717, 1.165) is 24.2 Å². The van der Waals surface area contributed by atoms with Crippen molar-refractivity contribution >= 4 is 11.5 Å². The first-order valence-corrected chi connectivity index (χ1v) is 21.5. The molecule has 3 unspecified atom stereocenters. The first kappa shape index (κ1) is 42.4. The molecule has 8 rings (SSSR count). The highest BCUT2D eigenvalue weighted by atomic mass is 16.4. The molecule has 0 bridgehead atoms. The van der Waals surface area contributed by atoms with Crippen LogP contribution in [0.25, 0.3) is 5.57 Å². The second-order valence-electron chi connectivity index (χ2n) is 20.0. The van der Waals surface area contributed by atoms with Crippen molar-refractivity contribution in [2.45, 2.75) is 131 Å². The van der Waals surface area contributed by atoms with E-state index < -0.39 is 5.97 Å². The lowest BCUT2D eigenvalue weighted by molar-refractivity contribution is -0.222. The van der Waals surface area contributed by atoms with Gasteiger partial charge in [0.25, 0.3) is 0 Å². The van der Waals surface area contributed by atoms with E-state index in [0.29, 0.717) is 38.6 Å². The van der Waals surface area contributed by atoms with Crippen molar-refractivity contribution in [2.75, 3.05) is 32.7 Å². The normalized spacial score (nSPS) is 38.0. The van der Waals surface area contributed by atoms with E-state index in [1.807, 2.05) is 6.92 Å². The van der Waals surface area contributed by atoms with Gasteiger partial charge in [-0.05, 0) is 183 Å². The molecule has 6 aliphatic carbocycles. The van der Waals surface area contributed by atoms with Crippen LogP contribution in [0.3, 0.4) is 0 Å². The first-order valence-electron chi connectivity index (χ1n) is 21.5. The van der Waals surface area contributed by atoms with Crippen LogP contribution in [0.1, 0.15) is 147 Å². The summed E-state index contributed by atoms with van der Waals surface area (Å²) in [7, 11) is 0. The predicted molar refractivity (Wildman–Crippen MR) is 228 cm³/mol. The minimum atomic E-state index is -0.843. The Hall–Kier alpha value is -2.79. The molecule has 2 N–H and O–H groups in total. The molecule has 6 fully saturated rings. The number of nitrogens with zero attached hydrogens (tertiary/aromatic N) is 1. The second-order valence-corrected chi connectivity index (χ2v) is 20.0. The number of fused-ring (bicyclic) bond motifs is 7. The van der Waals surface area contributed by atoms with E-state index in [-0.39, 0.29) is 5.41 Å². The van der Waals surface area contributed by atoms with Crippen LogP contribution in [-0.4, -0.2) is 48.7 Å². The summed E-state index contributed by atoms with van der Waals surface area (Å²) >= 11 is 0. The summed E-state index contributed by atoms with van der Waals surface area (Å²) in [6.07, 6.45) is 40.0. The molecule has 5 saturated carbocycles. The Kier molecular flexibility index (Phi) is 12.8. The Labute approximate surface area is 330 Å². The molecule has 4 nitrogen and oxygen atoms in total. The fourth-order valence-corrected chi connectivity index (χ4v) is 14.5. The fourth-order valence-electron chi connectivity index (χ4n) is 14.5. The number of allylic oxidation sites excluding steroid dienone is 3. The first-order chi connectivity index (χ1) is 25.8. The standard InChI is InChI=1S/C43H64N2O2.C3H6.2C2H2/c1-38(2)32(30-10-12-31(13-11-30)37(46)47)16-19-39(3)35(38)17-20-41(5)36(39)15-14-33-34-9-8-18-43(34,24-21-40(33,41)4)28-44-27-42(22-23-42)29-45-25-6-7-26-45;1-3-2;2*1-2/h10-13,16,33-36,44H,6-9,14-15,17-29H2,1-5H3,(H,46,47);3H,1H2,2H3;2*1-2H/t33-,34?,35?,36?,39+,40-,41-,43-;;;/m1.../s1. The van der Waals surface area contributed by atoms with Crippen LogP contribution in [0, 0.1) is 81.9 Å². The molecule has 54 heavy (non-hydrogen) atoms. The number of rotatable bonds is 8. The fraction of sp³-hybridized carbons (Fsp3) is 0.700. The van der Waals surface area contributed by atoms with E-state index >= 15 is 0 Å². The lowest BCUT2D eigenvalue weighted by Crippen LogP contribution is -2.65. The molecule has 0 amide bonds. The van der Waals surface area contributed by atoms with Gasteiger partial charge in [0.2, 0.25) is 0 Å². The van der Waals surface area contributed by atoms with Crippen molar-refractivity contribution in [1.29, 1.82) is 0 Å². The zero-order chi connectivity index (χ0) is 39.6. The largest absolute Gasteiger partial charge is 0.478 e. The Bertz CT molecular complexity index is 1530. The van der Waals surface area contributed by atoms with Crippen molar-refractivity contribution in [3.05, 3.63) is 54.1 Å². The number of aromatic carboxylic acids is 1. The third-order valence-corrected chi connectivity index (χ3v) is 17.3. The molecule has 0 radical (unpaired) electrons. The van der Waals surface area contributed by atoms with E-state index in [1.54, 1.807) is 18.2 Å². The number of likely N-dealkylation sites (tertiary alicyclic amines) is 1. The number of hydrogen-bond donors (Lipinski definition) is 2. The van der Waals surface area contributed by atoms with Crippen LogP contribution in [0.15, 0.2) is 43.0 Å². The van der Waals surface area contributed by atoms with E-state index in [4.69, 9.17) is 0 Å². The van der Waals surface area contributed by atoms with Gasteiger partial charge in [-0.3, -0.25) is 0 Å². The Morgan fingerprint density at radius 2 is 1.46 bits per heavy atom. The highest BCUT2D eigenvalue weighted by Crippen LogP contribution is 2.77. The molecule has 1 heterocycles. The van der Waals surface area contributed by atoms with E-state index in [1.165, 1.54) is 127 Å². The van der Waals surface area contributed by atoms with Gasteiger partial charge < -0.3 is 15.3 Å². The topological polar surface area (TPSA) is 52.6 Å². The third-order valence-electron chi connectivity index (χ3n) is 17.3. The average Bonchev–Trinajstić information content (AvgIpc) is 3.49. The molecule has 0 aromatic heterocycles. The Morgan fingerprint density at radius 3 is 2.07 bits per heavy atom. The number of carbonyl (C=O) groups is 1. The summed E-state index contributed by atoms with van der Waals surface area (Å²) in [5.74, 6) is 2.38. The van der Waals surface area contributed by atoms with Gasteiger partial charge in [0.15, 0.2) is 0 Å². The summed E-state index contributed by atoms with van der Waals surface area (Å²) in [6, 6.07) is 7.70. The number of benzene rings is 1. The van der Waals surface area contributed by atoms with Gasteiger partial charge in [-0.15, -0.1) is 32.3 Å². The molecule has 296 valence electrons. The average molecular weight is 735 g/mol. The van der Waals surface area contributed by atoms with E-state index in [9.17, 15) is 9.90 Å². The van der Waals surface area contributed by atoms with Crippen molar-refractivity contribution < 1.29 is 9.90 Å². The third kappa shape index (κ3) is 7.18. The lowest BCUT2D eigenvalue weighted by Gasteiger charge is -2.72. The zero-order valence-electron chi connectivity index (χ0n) is 35.0. The number of hydrogen-bond acceptors (Lipinski definition) is 3. The summed E-state index contributed by atoms with van der Waals surface area (Å²) < 4.78 is 0. The molecule has 1 aromatic carbocycles. The number of carboxylic acids is 1. The number of nitrogens with one attached hydrogen (secondary N) is 1. The van der Waals surface area contributed by atoms with Gasteiger partial charge >= 0.3 is 5.97 Å². The number of terminal acetylenes is 2. The van der Waals surface area contributed by atoms with Crippen molar-refractivity contribution in [3.63, 3.8) is 0 Å². The van der Waals surface area contributed by atoms with Gasteiger partial charge in [0.1, 0.15) is 0 Å². The smallest absolute Gasteiger partial charge is 0.335 e. The van der Waals surface area contributed by atoms with Crippen LogP contribution >= 0.6 is 0 Å². The Balaban J connectivity index is 0.000000753. The van der Waals surface area contributed by atoms with Crippen LogP contribution in [0.4, 0.5) is 0 Å². The van der Waals surface area contributed by atoms with Gasteiger partial charge in [0.05, 0.1) is 5.56 Å². The maximum atomic E-state index is 11.5. The van der Waals surface area contributed by atoms with Gasteiger partial charge in [-0.1, -0.05) is 65.3 Å². The molecule has 8 atom stereocenters. The molecule has 7 aliphatic rings. The summed E-state index contributed by atoms with van der Waals surface area (Å²) in [4.78, 5) is 14.3.